The van der Waals surface area contributed by atoms with Crippen LogP contribution in [0.4, 0.5) is 4.39 Å². The molecule has 3 nitrogen and oxygen atoms in total. The molecule has 0 bridgehead atoms. The van der Waals surface area contributed by atoms with Crippen molar-refractivity contribution in [1.82, 2.24) is 9.88 Å². The van der Waals surface area contributed by atoms with Crippen molar-refractivity contribution >= 4 is 0 Å². The molecule has 27 heavy (non-hydrogen) atoms. The van der Waals surface area contributed by atoms with E-state index in [1.54, 1.807) is 12.1 Å². The molecule has 2 heterocycles. The van der Waals surface area contributed by atoms with Crippen molar-refractivity contribution in [3.63, 3.8) is 0 Å². The van der Waals surface area contributed by atoms with Crippen LogP contribution >= 0.6 is 0 Å². The molecule has 140 valence electrons. The van der Waals surface area contributed by atoms with Gasteiger partial charge in [0.25, 0.3) is 0 Å². The van der Waals surface area contributed by atoms with E-state index < -0.39 is 0 Å². The number of likely N-dealkylation sites (tertiary alicyclic amines) is 1. The van der Waals surface area contributed by atoms with Crippen LogP contribution in [0.1, 0.15) is 31.2 Å². The third-order valence-corrected chi connectivity index (χ3v) is 5.53. The first-order valence-electron chi connectivity index (χ1n) is 9.67. The Kier molecular flexibility index (Phi) is 5.08. The highest BCUT2D eigenvalue weighted by Crippen LogP contribution is 2.26. The number of hydrogen-bond acceptors (Lipinski definition) is 3. The van der Waals surface area contributed by atoms with Crippen LogP contribution < -0.4 is 0 Å². The average molecular weight is 364 g/mol. The molecule has 4 heteroatoms. The highest BCUT2D eigenvalue weighted by Gasteiger charge is 2.21. The van der Waals surface area contributed by atoms with Gasteiger partial charge in [0.15, 0.2) is 0 Å². The van der Waals surface area contributed by atoms with E-state index in [0.717, 1.165) is 41.1 Å². The Morgan fingerprint density at radius 3 is 2.30 bits per heavy atom. The van der Waals surface area contributed by atoms with Gasteiger partial charge in [-0.15, -0.1) is 0 Å². The molecule has 1 aromatic heterocycles. The number of benzene rings is 2. The normalized spacial score (nSPS) is 17.5. The smallest absolute Gasteiger partial charge is 0.226 e. The number of nitrogens with zero attached hydrogens (tertiary/aromatic N) is 2. The number of halogens is 1. The number of rotatable bonds is 5. The van der Waals surface area contributed by atoms with Crippen LogP contribution in [0.5, 0.6) is 0 Å². The van der Waals surface area contributed by atoms with Crippen LogP contribution in [0, 0.1) is 12.7 Å². The van der Waals surface area contributed by atoms with Gasteiger partial charge in [0.05, 0.1) is 5.69 Å². The van der Waals surface area contributed by atoms with Gasteiger partial charge in [-0.2, -0.15) is 0 Å². The summed E-state index contributed by atoms with van der Waals surface area (Å²) in [5.41, 5.74) is 4.05. The van der Waals surface area contributed by atoms with E-state index in [2.05, 4.69) is 11.8 Å². The summed E-state index contributed by atoms with van der Waals surface area (Å²) in [4.78, 5) is 7.27. The van der Waals surface area contributed by atoms with E-state index >= 15 is 0 Å². The van der Waals surface area contributed by atoms with Gasteiger partial charge in [-0.05, 0) is 68.6 Å². The summed E-state index contributed by atoms with van der Waals surface area (Å²) in [6.45, 7) is 6.52. The Morgan fingerprint density at radius 1 is 1.04 bits per heavy atom. The summed E-state index contributed by atoms with van der Waals surface area (Å²) in [6.07, 6.45) is 3.52. The van der Waals surface area contributed by atoms with E-state index in [1.165, 1.54) is 31.5 Å². The number of aryl methyl sites for hydroxylation is 1. The lowest BCUT2D eigenvalue weighted by atomic mass is 10.0. The molecular weight excluding hydrogens is 339 g/mol. The van der Waals surface area contributed by atoms with Gasteiger partial charge in [0, 0.05) is 24.6 Å². The number of oxazole rings is 1. The number of hydrogen-bond donors (Lipinski definition) is 0. The maximum Gasteiger partial charge on any atom is 0.226 e. The molecule has 4 rings (SSSR count). The van der Waals surface area contributed by atoms with Gasteiger partial charge in [-0.1, -0.05) is 24.3 Å². The summed E-state index contributed by atoms with van der Waals surface area (Å²) in [5, 5.41) is 0. The summed E-state index contributed by atoms with van der Waals surface area (Å²) in [7, 11) is 0. The predicted octanol–water partition coefficient (Wildman–Crippen LogP) is 5.48. The maximum atomic E-state index is 13.1. The van der Waals surface area contributed by atoms with E-state index in [4.69, 9.17) is 9.40 Å². The van der Waals surface area contributed by atoms with Crippen molar-refractivity contribution in [2.45, 2.75) is 39.2 Å². The van der Waals surface area contributed by atoms with Crippen molar-refractivity contribution in [2.75, 3.05) is 13.1 Å². The highest BCUT2D eigenvalue weighted by molar-refractivity contribution is 5.67. The summed E-state index contributed by atoms with van der Waals surface area (Å²) >= 11 is 0. The zero-order valence-electron chi connectivity index (χ0n) is 15.9. The fraction of sp³-hybridized carbons (Fsp3) is 0.348. The highest BCUT2D eigenvalue weighted by atomic mass is 19.1. The lowest BCUT2D eigenvalue weighted by molar-refractivity contribution is 0.271. The first kappa shape index (κ1) is 17.9. The van der Waals surface area contributed by atoms with Gasteiger partial charge >= 0.3 is 0 Å². The van der Waals surface area contributed by atoms with Crippen LogP contribution in [0.3, 0.4) is 0 Å². The van der Waals surface area contributed by atoms with Gasteiger partial charge in [-0.25, -0.2) is 9.37 Å². The molecule has 1 aliphatic heterocycles. The molecule has 0 saturated carbocycles. The molecule has 1 atom stereocenters. The Bertz CT molecular complexity index is 899. The molecule has 0 spiro atoms. The monoisotopic (exact) mass is 364 g/mol. The first-order chi connectivity index (χ1) is 13.1. The third kappa shape index (κ3) is 3.96. The molecule has 2 aromatic carbocycles. The van der Waals surface area contributed by atoms with Crippen molar-refractivity contribution in [2.24, 2.45) is 0 Å². The van der Waals surface area contributed by atoms with Crippen molar-refractivity contribution in [3.05, 3.63) is 65.8 Å². The van der Waals surface area contributed by atoms with Crippen LogP contribution in [-0.4, -0.2) is 29.0 Å². The summed E-state index contributed by atoms with van der Waals surface area (Å²) in [5.74, 6) is 1.35. The van der Waals surface area contributed by atoms with Gasteiger partial charge < -0.3 is 9.32 Å². The zero-order chi connectivity index (χ0) is 18.8. The van der Waals surface area contributed by atoms with Crippen molar-refractivity contribution in [1.29, 1.82) is 0 Å². The molecule has 0 aliphatic carbocycles. The van der Waals surface area contributed by atoms with Gasteiger partial charge in [0.1, 0.15) is 11.6 Å². The molecule has 0 N–H and O–H groups in total. The van der Waals surface area contributed by atoms with E-state index in [1.807, 2.05) is 31.2 Å². The average Bonchev–Trinajstić information content (AvgIpc) is 3.26. The minimum absolute atomic E-state index is 0.221. The largest absolute Gasteiger partial charge is 0.441 e. The molecule has 0 radical (unpaired) electrons. The second kappa shape index (κ2) is 7.65. The van der Waals surface area contributed by atoms with Crippen LogP contribution in [-0.2, 0) is 6.42 Å². The van der Waals surface area contributed by atoms with Gasteiger partial charge in [-0.3, -0.25) is 0 Å². The Hall–Kier alpha value is -2.46. The van der Waals surface area contributed by atoms with Crippen LogP contribution in [0.15, 0.2) is 52.9 Å². The summed E-state index contributed by atoms with van der Waals surface area (Å²) in [6, 6.07) is 15.3. The molecule has 0 unspecified atom stereocenters. The Balaban J connectivity index is 1.47. The molecule has 1 fully saturated rings. The fourth-order valence-electron chi connectivity index (χ4n) is 3.81. The second-order valence-corrected chi connectivity index (χ2v) is 7.38. The van der Waals surface area contributed by atoms with Crippen LogP contribution in [0.25, 0.3) is 22.6 Å². The quantitative estimate of drug-likeness (QED) is 0.600. The van der Waals surface area contributed by atoms with Crippen LogP contribution in [0.2, 0.25) is 0 Å². The topological polar surface area (TPSA) is 29.3 Å². The SMILES string of the molecule is Cc1oc(-c2ccc(-c3ccc(F)cc3)cc2)nc1CCN1CCC[C@H]1C. The van der Waals surface area contributed by atoms with Gasteiger partial charge in [0.2, 0.25) is 5.89 Å². The Labute approximate surface area is 159 Å². The number of aromatic nitrogens is 1. The summed E-state index contributed by atoms with van der Waals surface area (Å²) < 4.78 is 19.0. The minimum Gasteiger partial charge on any atom is -0.441 e. The zero-order valence-corrected chi connectivity index (χ0v) is 15.9. The van der Waals surface area contributed by atoms with Crippen molar-refractivity contribution < 1.29 is 8.81 Å². The molecule has 0 amide bonds. The predicted molar refractivity (Wildman–Crippen MR) is 106 cm³/mol. The fourth-order valence-corrected chi connectivity index (χ4v) is 3.81. The molecular formula is C23H25FN2O. The molecule has 1 aliphatic rings. The Morgan fingerprint density at radius 2 is 1.67 bits per heavy atom. The third-order valence-electron chi connectivity index (χ3n) is 5.53. The van der Waals surface area contributed by atoms with E-state index in [9.17, 15) is 4.39 Å². The van der Waals surface area contributed by atoms with Crippen molar-refractivity contribution in [3.8, 4) is 22.6 Å². The molecule has 3 aromatic rings. The molecule has 1 saturated heterocycles. The lowest BCUT2D eigenvalue weighted by Gasteiger charge is -2.20. The first-order valence-corrected chi connectivity index (χ1v) is 9.67. The lowest BCUT2D eigenvalue weighted by Crippen LogP contribution is -2.29. The van der Waals surface area contributed by atoms with E-state index in [0.29, 0.717) is 11.9 Å². The van der Waals surface area contributed by atoms with E-state index in [-0.39, 0.29) is 5.82 Å². The second-order valence-electron chi connectivity index (χ2n) is 7.38. The minimum atomic E-state index is -0.221. The standard InChI is InChI=1S/C23H25FN2O/c1-16-4-3-14-26(16)15-13-22-17(2)27-23(25-22)20-7-5-18(6-8-20)19-9-11-21(24)12-10-19/h5-12,16H,3-4,13-15H2,1-2H3/t16-/m1/s1. The maximum absolute atomic E-state index is 13.1.